The molecule has 0 bridgehead atoms. The van der Waals surface area contributed by atoms with Crippen LogP contribution in [0.15, 0.2) is 53.1 Å². The number of nitrogens with zero attached hydrogens (tertiary/aromatic N) is 2. The summed E-state index contributed by atoms with van der Waals surface area (Å²) in [6, 6.07) is 12.3. The van der Waals surface area contributed by atoms with Crippen LogP contribution in [-0.4, -0.2) is 43.6 Å². The summed E-state index contributed by atoms with van der Waals surface area (Å²) in [5.74, 6) is -0.135. The monoisotopic (exact) mass is 514 g/mol. The van der Waals surface area contributed by atoms with Gasteiger partial charge in [0.15, 0.2) is 11.5 Å². The van der Waals surface area contributed by atoms with E-state index in [0.717, 1.165) is 10.5 Å². The highest BCUT2D eigenvalue weighted by Gasteiger charge is 2.35. The molecule has 0 atom stereocenters. The Morgan fingerprint density at radius 2 is 1.83 bits per heavy atom. The van der Waals surface area contributed by atoms with Crippen LogP contribution in [0, 0.1) is 11.3 Å². The molecule has 0 aliphatic carbocycles. The Bertz CT molecular complexity index is 1250. The number of ether oxygens (including phenoxy) is 3. The van der Waals surface area contributed by atoms with Gasteiger partial charge in [-0.3, -0.25) is 14.5 Å². The Morgan fingerprint density at radius 1 is 1.06 bits per heavy atom. The first-order chi connectivity index (χ1) is 16.8. The molecule has 0 saturated heterocycles. The molecule has 35 heavy (non-hydrogen) atoms. The van der Waals surface area contributed by atoms with Crippen molar-refractivity contribution in [2.75, 3.05) is 26.9 Å². The van der Waals surface area contributed by atoms with E-state index < -0.39 is 11.8 Å². The Balaban J connectivity index is 1.93. The first-order valence-electron chi connectivity index (χ1n) is 10.8. The van der Waals surface area contributed by atoms with Crippen molar-refractivity contribution in [2.24, 2.45) is 0 Å². The average Bonchev–Trinajstić information content (AvgIpc) is 2.83. The van der Waals surface area contributed by atoms with E-state index in [9.17, 15) is 14.9 Å². The molecule has 182 valence electrons. The minimum absolute atomic E-state index is 0.0498. The predicted octanol–water partition coefficient (Wildman–Crippen LogP) is 5.21. The van der Waals surface area contributed by atoms with Gasteiger partial charge in [-0.05, 0) is 55.3 Å². The highest BCUT2D eigenvalue weighted by Crippen LogP contribution is 2.33. The van der Waals surface area contributed by atoms with Crippen LogP contribution in [0.5, 0.6) is 11.5 Å². The molecule has 0 radical (unpaired) electrons. The molecular weight excluding hydrogens is 491 g/mol. The average molecular weight is 515 g/mol. The van der Waals surface area contributed by atoms with Crippen molar-refractivity contribution in [3.63, 3.8) is 0 Å². The highest BCUT2D eigenvalue weighted by atomic mass is 35.5. The molecular formula is C26H24Cl2N2O5. The number of rotatable bonds is 9. The summed E-state index contributed by atoms with van der Waals surface area (Å²) in [5, 5.41) is 10.5. The molecule has 9 heteroatoms. The molecule has 2 amide bonds. The molecule has 0 N–H and O–H groups in total. The van der Waals surface area contributed by atoms with Gasteiger partial charge in [-0.2, -0.15) is 5.26 Å². The van der Waals surface area contributed by atoms with Crippen molar-refractivity contribution in [1.82, 2.24) is 4.90 Å². The van der Waals surface area contributed by atoms with E-state index in [-0.39, 0.29) is 30.9 Å². The second-order valence-electron chi connectivity index (χ2n) is 7.59. The molecule has 1 heterocycles. The van der Waals surface area contributed by atoms with E-state index in [4.69, 9.17) is 37.4 Å². The zero-order valence-corrected chi connectivity index (χ0v) is 21.1. The summed E-state index contributed by atoms with van der Waals surface area (Å²) in [6.07, 6.45) is 1.63. The van der Waals surface area contributed by atoms with Crippen LogP contribution in [0.25, 0.3) is 6.08 Å². The molecule has 7 nitrogen and oxygen atoms in total. The summed E-state index contributed by atoms with van der Waals surface area (Å²) >= 11 is 12.2. The third kappa shape index (κ3) is 6.04. The zero-order chi connectivity index (χ0) is 25.5. The number of carbonyl (C=O) groups is 2. The van der Waals surface area contributed by atoms with E-state index in [1.165, 1.54) is 7.11 Å². The Labute approximate surface area is 214 Å². The smallest absolute Gasteiger partial charge is 0.271 e. The quantitative estimate of drug-likeness (QED) is 0.337. The summed E-state index contributed by atoms with van der Waals surface area (Å²) in [4.78, 5) is 26.7. The van der Waals surface area contributed by atoms with Crippen molar-refractivity contribution in [3.8, 4) is 17.6 Å². The van der Waals surface area contributed by atoms with Crippen LogP contribution in [0.2, 0.25) is 10.0 Å². The van der Waals surface area contributed by atoms with Crippen molar-refractivity contribution >= 4 is 41.1 Å². The van der Waals surface area contributed by atoms with Gasteiger partial charge >= 0.3 is 0 Å². The minimum Gasteiger partial charge on any atom is -0.490 e. The fourth-order valence-corrected chi connectivity index (χ4v) is 3.94. The largest absolute Gasteiger partial charge is 0.490 e. The van der Waals surface area contributed by atoms with Crippen LogP contribution < -0.4 is 9.47 Å². The number of nitriles is 1. The van der Waals surface area contributed by atoms with Crippen molar-refractivity contribution in [1.29, 1.82) is 5.26 Å². The van der Waals surface area contributed by atoms with E-state index in [2.05, 4.69) is 0 Å². The Kier molecular flexibility index (Phi) is 8.94. The van der Waals surface area contributed by atoms with Crippen LogP contribution in [-0.2, 0) is 20.9 Å². The van der Waals surface area contributed by atoms with Gasteiger partial charge in [-0.25, -0.2) is 0 Å². The Hall–Kier alpha value is -3.31. The fourth-order valence-electron chi connectivity index (χ4n) is 3.48. The van der Waals surface area contributed by atoms with Crippen molar-refractivity contribution < 1.29 is 23.8 Å². The second-order valence-corrected chi connectivity index (χ2v) is 8.43. The van der Waals surface area contributed by atoms with Gasteiger partial charge in [0.2, 0.25) is 0 Å². The van der Waals surface area contributed by atoms with E-state index >= 15 is 0 Å². The van der Waals surface area contributed by atoms with Crippen LogP contribution in [0.1, 0.15) is 25.0 Å². The minimum atomic E-state index is -0.621. The van der Waals surface area contributed by atoms with Gasteiger partial charge < -0.3 is 14.2 Å². The molecule has 1 aliphatic rings. The molecule has 0 saturated carbocycles. The van der Waals surface area contributed by atoms with Crippen LogP contribution in [0.4, 0.5) is 0 Å². The van der Waals surface area contributed by atoms with Crippen LogP contribution >= 0.6 is 23.2 Å². The summed E-state index contributed by atoms with van der Waals surface area (Å²) in [5.41, 5.74) is 1.92. The molecule has 1 aliphatic heterocycles. The summed E-state index contributed by atoms with van der Waals surface area (Å²) in [6.45, 7) is 4.26. The van der Waals surface area contributed by atoms with Gasteiger partial charge in [-0.1, -0.05) is 35.3 Å². The lowest BCUT2D eigenvalue weighted by Gasteiger charge is -2.27. The normalized spacial score (nSPS) is 15.0. The number of hydrogen-bond donors (Lipinski definition) is 0. The van der Waals surface area contributed by atoms with Gasteiger partial charge in [-0.15, -0.1) is 0 Å². The Morgan fingerprint density at radius 3 is 2.49 bits per heavy atom. The van der Waals surface area contributed by atoms with Gasteiger partial charge in [0.1, 0.15) is 18.2 Å². The molecule has 0 unspecified atom stereocenters. The fraction of sp³-hybridized carbons (Fsp3) is 0.269. The molecule has 0 fully saturated rings. The molecule has 0 spiro atoms. The van der Waals surface area contributed by atoms with Crippen molar-refractivity contribution in [3.05, 3.63) is 74.3 Å². The predicted molar refractivity (Wildman–Crippen MR) is 133 cm³/mol. The number of amides is 2. The topological polar surface area (TPSA) is 88.9 Å². The third-order valence-corrected chi connectivity index (χ3v) is 5.91. The van der Waals surface area contributed by atoms with Gasteiger partial charge in [0.25, 0.3) is 11.8 Å². The molecule has 3 rings (SSSR count). The summed E-state index contributed by atoms with van der Waals surface area (Å²) < 4.78 is 16.7. The van der Waals surface area contributed by atoms with Crippen LogP contribution in [0.3, 0.4) is 0 Å². The van der Waals surface area contributed by atoms with Gasteiger partial charge in [0, 0.05) is 28.3 Å². The number of hydrogen-bond acceptors (Lipinski definition) is 6. The lowest BCUT2D eigenvalue weighted by Crippen LogP contribution is -2.44. The highest BCUT2D eigenvalue weighted by molar-refractivity contribution is 6.35. The standard InChI is InChI=1S/C26H24Cl2N2O5/c1-4-34-24-12-17(5-8-23(24)35-15-18-6-7-19(27)13-22(18)28)11-20-16(2)21(14-29)26(32)30(25(20)31)9-10-33-3/h5-8,11-13H,4,9-10,15H2,1-3H3/b20-11+. The number of halogens is 2. The first kappa shape index (κ1) is 26.3. The summed E-state index contributed by atoms with van der Waals surface area (Å²) in [7, 11) is 1.47. The maximum Gasteiger partial charge on any atom is 0.271 e. The molecule has 2 aromatic rings. The molecule has 0 aromatic heterocycles. The second kappa shape index (κ2) is 11.9. The number of carbonyl (C=O) groups excluding carboxylic acids is 2. The number of imide groups is 1. The maximum absolute atomic E-state index is 13.1. The SMILES string of the molecule is CCOc1cc(/C=C2/C(=O)N(CCOC)C(=O)C(C#N)=C2C)ccc1OCc1ccc(Cl)cc1Cl. The van der Waals surface area contributed by atoms with E-state index in [1.54, 1.807) is 49.4 Å². The van der Waals surface area contributed by atoms with Gasteiger partial charge in [0.05, 0.1) is 19.8 Å². The van der Waals surface area contributed by atoms with E-state index in [1.807, 2.05) is 13.0 Å². The lowest BCUT2D eigenvalue weighted by molar-refractivity contribution is -0.141. The first-order valence-corrected chi connectivity index (χ1v) is 11.6. The number of benzene rings is 2. The zero-order valence-electron chi connectivity index (χ0n) is 19.6. The lowest BCUT2D eigenvalue weighted by atomic mass is 9.93. The van der Waals surface area contributed by atoms with Crippen molar-refractivity contribution in [2.45, 2.75) is 20.5 Å². The maximum atomic E-state index is 13.1. The number of methoxy groups -OCH3 is 1. The van der Waals surface area contributed by atoms with E-state index in [0.29, 0.717) is 39.3 Å². The third-order valence-electron chi connectivity index (χ3n) is 5.32. The molecule has 2 aromatic carbocycles.